The number of furan rings is 2. The number of rotatable bonds is 2. The third-order valence-electron chi connectivity index (χ3n) is 5.97. The van der Waals surface area contributed by atoms with Gasteiger partial charge in [-0.1, -0.05) is 45.0 Å². The lowest BCUT2D eigenvalue weighted by atomic mass is 9.82. The quantitative estimate of drug-likeness (QED) is 0.288. The second kappa shape index (κ2) is 6.79. The lowest BCUT2D eigenvalue weighted by molar-refractivity contribution is 0.596. The zero-order valence-corrected chi connectivity index (χ0v) is 18.2. The number of hydrogen-bond acceptors (Lipinski definition) is 4. The highest BCUT2D eigenvalue weighted by Crippen LogP contribution is 2.38. The normalized spacial score (nSPS) is 12.2. The Morgan fingerprint density at radius 3 is 2.56 bits per heavy atom. The van der Waals surface area contributed by atoms with Crippen LogP contribution in [-0.4, -0.2) is 9.97 Å². The van der Waals surface area contributed by atoms with E-state index in [-0.39, 0.29) is 5.41 Å². The molecule has 0 N–H and O–H groups in total. The Bertz CT molecular complexity index is 1620. The molecular weight excluding hydrogens is 396 g/mol. The Balaban J connectivity index is 1.56. The van der Waals surface area contributed by atoms with Gasteiger partial charge in [-0.15, -0.1) is 0 Å². The van der Waals surface area contributed by atoms with Gasteiger partial charge < -0.3 is 8.83 Å². The van der Waals surface area contributed by atoms with E-state index in [2.05, 4.69) is 62.2 Å². The van der Waals surface area contributed by atoms with Gasteiger partial charge in [0.1, 0.15) is 17.0 Å². The zero-order valence-electron chi connectivity index (χ0n) is 18.2. The highest BCUT2D eigenvalue weighted by molar-refractivity contribution is 5.97. The van der Waals surface area contributed by atoms with E-state index in [0.29, 0.717) is 5.76 Å². The molecule has 6 aromatic rings. The minimum Gasteiger partial charge on any atom is -0.464 e. The van der Waals surface area contributed by atoms with Crippen LogP contribution in [0.2, 0.25) is 0 Å². The molecule has 4 aromatic heterocycles. The SMILES string of the molecule is CC(C)(C)c1cc(-c2nccc3cc(-c4cc5occc5cn4)oc23)cc2ccccc12. The molecule has 4 heterocycles. The fourth-order valence-electron chi connectivity index (χ4n) is 4.35. The van der Waals surface area contributed by atoms with Crippen molar-refractivity contribution in [3.8, 4) is 22.7 Å². The van der Waals surface area contributed by atoms with Crippen LogP contribution >= 0.6 is 0 Å². The van der Waals surface area contributed by atoms with Crippen LogP contribution in [0.25, 0.3) is 55.4 Å². The largest absolute Gasteiger partial charge is 0.464 e. The van der Waals surface area contributed by atoms with Crippen LogP contribution in [0, 0.1) is 0 Å². The van der Waals surface area contributed by atoms with Gasteiger partial charge in [-0.25, -0.2) is 0 Å². The Hall–Kier alpha value is -3.92. The van der Waals surface area contributed by atoms with Crippen LogP contribution in [0.3, 0.4) is 0 Å². The fourth-order valence-corrected chi connectivity index (χ4v) is 4.35. The third kappa shape index (κ3) is 2.99. The number of fused-ring (bicyclic) bond motifs is 3. The van der Waals surface area contributed by atoms with Gasteiger partial charge >= 0.3 is 0 Å². The number of pyridine rings is 2. The summed E-state index contributed by atoms with van der Waals surface area (Å²) in [6.45, 7) is 6.73. The second-order valence-corrected chi connectivity index (χ2v) is 9.21. The molecule has 0 atom stereocenters. The van der Waals surface area contributed by atoms with Crippen LogP contribution in [0.15, 0.2) is 88.2 Å². The van der Waals surface area contributed by atoms with E-state index in [4.69, 9.17) is 13.8 Å². The summed E-state index contributed by atoms with van der Waals surface area (Å²) in [6, 6.07) is 20.8. The van der Waals surface area contributed by atoms with Gasteiger partial charge in [0.2, 0.25) is 0 Å². The summed E-state index contributed by atoms with van der Waals surface area (Å²) < 4.78 is 11.9. The molecule has 0 aliphatic heterocycles. The van der Waals surface area contributed by atoms with E-state index in [1.807, 2.05) is 30.5 Å². The summed E-state index contributed by atoms with van der Waals surface area (Å²) >= 11 is 0. The first-order valence-electron chi connectivity index (χ1n) is 10.7. The molecule has 0 radical (unpaired) electrons. The maximum absolute atomic E-state index is 6.34. The maximum Gasteiger partial charge on any atom is 0.161 e. The Morgan fingerprint density at radius 2 is 1.69 bits per heavy atom. The van der Waals surface area contributed by atoms with Gasteiger partial charge in [-0.2, -0.15) is 0 Å². The monoisotopic (exact) mass is 418 g/mol. The molecule has 156 valence electrons. The van der Waals surface area contributed by atoms with Crippen molar-refractivity contribution >= 4 is 32.7 Å². The molecule has 4 heteroatoms. The molecule has 0 fully saturated rings. The summed E-state index contributed by atoms with van der Waals surface area (Å²) in [6.07, 6.45) is 5.31. The lowest BCUT2D eigenvalue weighted by Gasteiger charge is -2.22. The molecule has 2 aromatic carbocycles. The molecule has 32 heavy (non-hydrogen) atoms. The minimum atomic E-state index is 0.000204. The predicted octanol–water partition coefficient (Wildman–Crippen LogP) is 7.75. The molecule has 0 amide bonds. The standard InChI is InChI=1S/C28H22N2O2/c1-28(2,3)22-13-20(12-17-6-4-5-7-21(17)22)26-27-18(8-10-29-26)14-25(32-27)23-15-24-19(16-30-23)9-11-31-24/h4-16H,1-3H3. The van der Waals surface area contributed by atoms with Crippen molar-refractivity contribution in [2.75, 3.05) is 0 Å². The molecule has 0 saturated heterocycles. The van der Waals surface area contributed by atoms with Gasteiger partial charge in [-0.3, -0.25) is 9.97 Å². The van der Waals surface area contributed by atoms with E-state index >= 15 is 0 Å². The Kier molecular flexibility index (Phi) is 3.99. The maximum atomic E-state index is 6.34. The molecule has 0 saturated carbocycles. The van der Waals surface area contributed by atoms with E-state index in [1.165, 1.54) is 16.3 Å². The number of nitrogens with zero attached hydrogens (tertiary/aromatic N) is 2. The Labute approximate surface area is 185 Å². The number of aromatic nitrogens is 2. The van der Waals surface area contributed by atoms with Gasteiger partial charge in [0.05, 0.1) is 6.26 Å². The number of benzene rings is 2. The van der Waals surface area contributed by atoms with Crippen LogP contribution in [0.1, 0.15) is 26.3 Å². The van der Waals surface area contributed by atoms with E-state index in [1.54, 1.807) is 12.5 Å². The molecule has 6 rings (SSSR count). The number of hydrogen-bond donors (Lipinski definition) is 0. The first-order chi connectivity index (χ1) is 15.5. The van der Waals surface area contributed by atoms with Crippen molar-refractivity contribution in [3.63, 3.8) is 0 Å². The van der Waals surface area contributed by atoms with E-state index < -0.39 is 0 Å². The topological polar surface area (TPSA) is 52.1 Å². The fraction of sp³-hybridized carbons (Fsp3) is 0.143. The Morgan fingerprint density at radius 1 is 0.812 bits per heavy atom. The molecule has 0 spiro atoms. The van der Waals surface area contributed by atoms with Gasteiger partial charge in [-0.05, 0) is 52.1 Å². The first-order valence-corrected chi connectivity index (χ1v) is 10.7. The third-order valence-corrected chi connectivity index (χ3v) is 5.97. The summed E-state index contributed by atoms with van der Waals surface area (Å²) in [5.74, 6) is 0.699. The van der Waals surface area contributed by atoms with Crippen LogP contribution in [-0.2, 0) is 5.41 Å². The summed E-state index contributed by atoms with van der Waals surface area (Å²) in [5, 5.41) is 4.44. The van der Waals surface area contributed by atoms with Crippen molar-refractivity contribution in [2.45, 2.75) is 26.2 Å². The molecule has 0 aliphatic carbocycles. The van der Waals surface area contributed by atoms with Crippen molar-refractivity contribution in [3.05, 3.63) is 84.9 Å². The highest BCUT2D eigenvalue weighted by atomic mass is 16.3. The average molecular weight is 418 g/mol. The van der Waals surface area contributed by atoms with E-state index in [9.17, 15) is 0 Å². The van der Waals surface area contributed by atoms with Crippen LogP contribution in [0.5, 0.6) is 0 Å². The van der Waals surface area contributed by atoms with Gasteiger partial charge in [0.15, 0.2) is 11.3 Å². The van der Waals surface area contributed by atoms with Crippen molar-refractivity contribution in [1.29, 1.82) is 0 Å². The van der Waals surface area contributed by atoms with Gasteiger partial charge in [0.25, 0.3) is 0 Å². The lowest BCUT2D eigenvalue weighted by Crippen LogP contribution is -2.12. The molecule has 0 unspecified atom stereocenters. The average Bonchev–Trinajstić information content (AvgIpc) is 3.43. The second-order valence-electron chi connectivity index (χ2n) is 9.21. The summed E-state index contributed by atoms with van der Waals surface area (Å²) in [7, 11) is 0. The molecule has 0 aliphatic rings. The summed E-state index contributed by atoms with van der Waals surface area (Å²) in [5.41, 5.74) is 5.47. The molecular formula is C28H22N2O2. The summed E-state index contributed by atoms with van der Waals surface area (Å²) in [4.78, 5) is 9.28. The molecule has 4 nitrogen and oxygen atoms in total. The minimum absolute atomic E-state index is 0.000204. The van der Waals surface area contributed by atoms with Crippen LogP contribution < -0.4 is 0 Å². The predicted molar refractivity (Wildman–Crippen MR) is 129 cm³/mol. The highest BCUT2D eigenvalue weighted by Gasteiger charge is 2.20. The van der Waals surface area contributed by atoms with Crippen LogP contribution in [0.4, 0.5) is 0 Å². The molecule has 0 bridgehead atoms. The van der Waals surface area contributed by atoms with Crippen molar-refractivity contribution in [2.24, 2.45) is 0 Å². The zero-order chi connectivity index (χ0) is 21.9. The van der Waals surface area contributed by atoms with Crippen molar-refractivity contribution < 1.29 is 8.83 Å². The first kappa shape index (κ1) is 18.8. The smallest absolute Gasteiger partial charge is 0.161 e. The van der Waals surface area contributed by atoms with Crippen molar-refractivity contribution in [1.82, 2.24) is 9.97 Å². The van der Waals surface area contributed by atoms with Gasteiger partial charge in [0, 0.05) is 34.8 Å². The van der Waals surface area contributed by atoms with E-state index in [0.717, 1.165) is 38.9 Å².